The number of aromatic amines is 1. The lowest BCUT2D eigenvalue weighted by atomic mass is 10.0. The molecule has 0 fully saturated rings. The number of hydrogen-bond acceptors (Lipinski definition) is 5. The molecule has 1 aromatic carbocycles. The van der Waals surface area contributed by atoms with E-state index >= 15 is 0 Å². The number of benzene rings is 1. The van der Waals surface area contributed by atoms with Crippen molar-refractivity contribution in [2.45, 2.75) is 24.9 Å². The van der Waals surface area contributed by atoms with Crippen molar-refractivity contribution in [2.75, 3.05) is 6.26 Å². The van der Waals surface area contributed by atoms with Crippen LogP contribution in [0.15, 0.2) is 34.2 Å². The minimum Gasteiger partial charge on any atom is -0.301 e. The molecule has 110 valence electrons. The van der Waals surface area contributed by atoms with Crippen LogP contribution in [0.4, 0.5) is 5.69 Å². The van der Waals surface area contributed by atoms with Crippen LogP contribution in [0, 0.1) is 10.1 Å². The number of nitro groups is 1. The van der Waals surface area contributed by atoms with E-state index in [9.17, 15) is 14.9 Å². The first-order valence-electron chi connectivity index (χ1n) is 6.44. The molecule has 1 heterocycles. The van der Waals surface area contributed by atoms with Crippen LogP contribution in [-0.4, -0.2) is 21.1 Å². The third-order valence-electron chi connectivity index (χ3n) is 3.14. The molecule has 0 bridgehead atoms. The van der Waals surface area contributed by atoms with Crippen LogP contribution < -0.4 is 5.56 Å². The molecule has 0 spiro atoms. The highest BCUT2D eigenvalue weighted by molar-refractivity contribution is 7.98. The van der Waals surface area contributed by atoms with Gasteiger partial charge in [0.15, 0.2) is 5.16 Å². The Balaban J connectivity index is 2.34. The van der Waals surface area contributed by atoms with Gasteiger partial charge in [0.05, 0.1) is 10.6 Å². The van der Waals surface area contributed by atoms with E-state index in [1.54, 1.807) is 12.1 Å². The van der Waals surface area contributed by atoms with Gasteiger partial charge in [-0.15, -0.1) is 0 Å². The minimum atomic E-state index is -0.442. The first-order valence-corrected chi connectivity index (χ1v) is 7.67. The summed E-state index contributed by atoms with van der Waals surface area (Å²) >= 11 is 1.39. The average Bonchev–Trinajstić information content (AvgIpc) is 2.49. The normalized spacial score (nSPS) is 10.6. The van der Waals surface area contributed by atoms with E-state index in [4.69, 9.17) is 0 Å². The fourth-order valence-electron chi connectivity index (χ4n) is 2.03. The van der Waals surface area contributed by atoms with E-state index < -0.39 is 4.92 Å². The summed E-state index contributed by atoms with van der Waals surface area (Å²) in [5.74, 6) is 0. The SMILES string of the molecule is CCc1nc(SC)[nH]c(=O)c1Cc1ccc([N+](=O)[O-])cc1. The maximum Gasteiger partial charge on any atom is 0.269 e. The predicted octanol–water partition coefficient (Wildman–Crippen LogP) is 2.55. The zero-order valence-corrected chi connectivity index (χ0v) is 12.6. The van der Waals surface area contributed by atoms with Crippen molar-refractivity contribution >= 4 is 17.4 Å². The molecule has 0 aliphatic rings. The predicted molar refractivity (Wildman–Crippen MR) is 81.9 cm³/mol. The van der Waals surface area contributed by atoms with E-state index in [1.165, 1.54) is 23.9 Å². The van der Waals surface area contributed by atoms with Gasteiger partial charge in [-0.2, -0.15) is 0 Å². The van der Waals surface area contributed by atoms with Crippen LogP contribution in [-0.2, 0) is 12.8 Å². The molecule has 1 N–H and O–H groups in total. The van der Waals surface area contributed by atoms with E-state index in [1.807, 2.05) is 13.2 Å². The number of rotatable bonds is 5. The molecule has 0 atom stereocenters. The van der Waals surface area contributed by atoms with Gasteiger partial charge in [0, 0.05) is 24.1 Å². The third kappa shape index (κ3) is 3.49. The summed E-state index contributed by atoms with van der Waals surface area (Å²) in [5.41, 5.74) is 2.12. The van der Waals surface area contributed by atoms with Crippen LogP contribution in [0.5, 0.6) is 0 Å². The average molecular weight is 305 g/mol. The molecule has 6 nitrogen and oxygen atoms in total. The number of nitro benzene ring substituents is 1. The molecular formula is C14H15N3O3S. The van der Waals surface area contributed by atoms with Gasteiger partial charge in [0.2, 0.25) is 0 Å². The van der Waals surface area contributed by atoms with Crippen LogP contribution in [0.3, 0.4) is 0 Å². The zero-order chi connectivity index (χ0) is 15.4. The number of thioether (sulfide) groups is 1. The Bertz CT molecular complexity index is 710. The van der Waals surface area contributed by atoms with E-state index in [0.29, 0.717) is 23.6 Å². The monoisotopic (exact) mass is 305 g/mol. The maximum atomic E-state index is 12.1. The summed E-state index contributed by atoms with van der Waals surface area (Å²) in [7, 11) is 0. The number of hydrogen-bond donors (Lipinski definition) is 1. The van der Waals surface area contributed by atoms with Gasteiger partial charge in [-0.05, 0) is 18.2 Å². The third-order valence-corrected chi connectivity index (χ3v) is 3.72. The quantitative estimate of drug-likeness (QED) is 0.397. The summed E-state index contributed by atoms with van der Waals surface area (Å²) in [6.45, 7) is 1.95. The lowest BCUT2D eigenvalue weighted by Crippen LogP contribution is -2.18. The Morgan fingerprint density at radius 1 is 1.33 bits per heavy atom. The van der Waals surface area contributed by atoms with Crippen LogP contribution in [0.1, 0.15) is 23.7 Å². The van der Waals surface area contributed by atoms with Crippen molar-refractivity contribution in [3.05, 3.63) is 61.6 Å². The van der Waals surface area contributed by atoms with Crippen molar-refractivity contribution in [1.82, 2.24) is 9.97 Å². The van der Waals surface area contributed by atoms with Crippen LogP contribution in [0.25, 0.3) is 0 Å². The van der Waals surface area contributed by atoms with Crippen molar-refractivity contribution < 1.29 is 4.92 Å². The van der Waals surface area contributed by atoms with Gasteiger partial charge in [-0.1, -0.05) is 30.8 Å². The molecule has 0 unspecified atom stereocenters. The topological polar surface area (TPSA) is 88.9 Å². The number of aryl methyl sites for hydroxylation is 1. The van der Waals surface area contributed by atoms with E-state index in [2.05, 4.69) is 9.97 Å². The smallest absolute Gasteiger partial charge is 0.269 e. The van der Waals surface area contributed by atoms with E-state index in [-0.39, 0.29) is 11.2 Å². The van der Waals surface area contributed by atoms with Gasteiger partial charge in [-0.25, -0.2) is 4.98 Å². The Hall–Kier alpha value is -2.15. The summed E-state index contributed by atoms with van der Waals surface area (Å²) < 4.78 is 0. The van der Waals surface area contributed by atoms with Crippen molar-refractivity contribution in [2.24, 2.45) is 0 Å². The molecule has 7 heteroatoms. The van der Waals surface area contributed by atoms with Gasteiger partial charge >= 0.3 is 0 Å². The van der Waals surface area contributed by atoms with Crippen molar-refractivity contribution in [3.8, 4) is 0 Å². The van der Waals surface area contributed by atoms with Gasteiger partial charge in [-0.3, -0.25) is 14.9 Å². The molecule has 1 aromatic heterocycles. The molecule has 2 rings (SSSR count). The highest BCUT2D eigenvalue weighted by Gasteiger charge is 2.12. The molecular weight excluding hydrogens is 290 g/mol. The number of H-pyrrole nitrogens is 1. The molecule has 0 amide bonds. The Kier molecular flexibility index (Phi) is 4.74. The molecule has 2 aromatic rings. The number of aromatic nitrogens is 2. The second-order valence-electron chi connectivity index (χ2n) is 4.45. The van der Waals surface area contributed by atoms with Crippen molar-refractivity contribution in [3.63, 3.8) is 0 Å². The fourth-order valence-corrected chi connectivity index (χ4v) is 2.43. The maximum absolute atomic E-state index is 12.1. The van der Waals surface area contributed by atoms with Crippen LogP contribution >= 0.6 is 11.8 Å². The van der Waals surface area contributed by atoms with Crippen LogP contribution in [0.2, 0.25) is 0 Å². The molecule has 0 radical (unpaired) electrons. The largest absolute Gasteiger partial charge is 0.301 e. The lowest BCUT2D eigenvalue weighted by molar-refractivity contribution is -0.384. The second-order valence-corrected chi connectivity index (χ2v) is 5.25. The minimum absolute atomic E-state index is 0.0410. The summed E-state index contributed by atoms with van der Waals surface area (Å²) in [6.07, 6.45) is 2.94. The summed E-state index contributed by atoms with van der Waals surface area (Å²) in [5, 5.41) is 11.2. The number of nitrogens with zero attached hydrogens (tertiary/aromatic N) is 2. The summed E-state index contributed by atoms with van der Waals surface area (Å²) in [6, 6.07) is 6.22. The number of non-ortho nitro benzene ring substituents is 1. The van der Waals surface area contributed by atoms with Gasteiger partial charge in [0.1, 0.15) is 0 Å². The second kappa shape index (κ2) is 6.53. The fraction of sp³-hybridized carbons (Fsp3) is 0.286. The Morgan fingerprint density at radius 2 is 2.00 bits per heavy atom. The highest BCUT2D eigenvalue weighted by Crippen LogP contribution is 2.16. The van der Waals surface area contributed by atoms with Gasteiger partial charge < -0.3 is 4.98 Å². The molecule has 0 aliphatic carbocycles. The lowest BCUT2D eigenvalue weighted by Gasteiger charge is -2.08. The van der Waals surface area contributed by atoms with Gasteiger partial charge in [0.25, 0.3) is 11.2 Å². The molecule has 0 aliphatic heterocycles. The Labute approximate surface area is 125 Å². The highest BCUT2D eigenvalue weighted by atomic mass is 32.2. The Morgan fingerprint density at radius 3 is 2.52 bits per heavy atom. The molecule has 21 heavy (non-hydrogen) atoms. The zero-order valence-electron chi connectivity index (χ0n) is 11.8. The first kappa shape index (κ1) is 15.2. The number of nitrogens with one attached hydrogen (secondary N) is 1. The van der Waals surface area contributed by atoms with Crippen molar-refractivity contribution in [1.29, 1.82) is 0 Å². The molecule has 0 saturated carbocycles. The van der Waals surface area contributed by atoms with E-state index in [0.717, 1.165) is 11.3 Å². The standard InChI is InChI=1S/C14H15N3O3S/c1-3-12-11(13(18)16-14(15-12)21-2)8-9-4-6-10(7-5-9)17(19)20/h4-7H,3,8H2,1-2H3,(H,15,16,18). The molecule has 0 saturated heterocycles. The summed E-state index contributed by atoms with van der Waals surface area (Å²) in [4.78, 5) is 29.5. The first-order chi connectivity index (χ1) is 10.0.